The molecule has 2 aliphatic rings. The first-order valence-corrected chi connectivity index (χ1v) is 49.5. The van der Waals surface area contributed by atoms with Gasteiger partial charge in [-0.1, -0.05) is 432 Å². The molecule has 2 aliphatic heterocycles. The van der Waals surface area contributed by atoms with Gasteiger partial charge in [-0.3, -0.25) is 0 Å². The molecule has 106 heavy (non-hydrogen) atoms. The molecule has 0 unspecified atom stereocenters. The average molecular weight is 1530 g/mol. The lowest BCUT2D eigenvalue weighted by atomic mass is 9.89. The van der Waals surface area contributed by atoms with Crippen molar-refractivity contribution in [1.82, 2.24) is 0 Å². The zero-order chi connectivity index (χ0) is 74.4. The first-order valence-electron chi connectivity index (χ1n) is 46.1. The Hall–Kier alpha value is -3.30. The van der Waals surface area contributed by atoms with Crippen LogP contribution in [-0.2, 0) is 22.4 Å². The molecule has 4 aromatic heterocycles. The molecule has 0 spiro atoms. The SMILES string of the molecule is CCCCCCCCCCCCCCCCC(CCCCCCCCCCCCCCCC)CCCc1csc(C2=c3cc4c(cc3OC2=O)=C(c2cc(CCCC(CCCCCCCCCCCCCCCC)CCCCCCCCCCCCCCCC)c(-c3ccc(-c5cccs5)s3)s2)C(=O)O4)c1. The van der Waals surface area contributed by atoms with Crippen molar-refractivity contribution in [2.75, 3.05) is 0 Å². The number of ether oxygens (including phenoxy) is 2. The predicted molar refractivity (Wildman–Crippen MR) is 470 cm³/mol. The molecule has 0 amide bonds. The third-order valence-corrected chi connectivity index (χ3v) is 28.5. The van der Waals surface area contributed by atoms with Gasteiger partial charge in [-0.25, -0.2) is 9.59 Å². The van der Waals surface area contributed by atoms with Gasteiger partial charge < -0.3 is 9.47 Å². The summed E-state index contributed by atoms with van der Waals surface area (Å²) >= 11 is 7.06. The molecule has 7 rings (SSSR count). The third-order valence-electron chi connectivity index (χ3n) is 24.0. The second-order valence-electron chi connectivity index (χ2n) is 33.4. The van der Waals surface area contributed by atoms with E-state index in [4.69, 9.17) is 9.47 Å². The highest BCUT2D eigenvalue weighted by Crippen LogP contribution is 2.44. The minimum absolute atomic E-state index is 0.312. The number of thiophene rings is 4. The lowest BCUT2D eigenvalue weighted by Gasteiger charge is -2.17. The molecule has 5 aromatic rings. The van der Waals surface area contributed by atoms with Crippen molar-refractivity contribution in [2.24, 2.45) is 11.8 Å². The van der Waals surface area contributed by atoms with E-state index in [1.54, 1.807) is 34.0 Å². The van der Waals surface area contributed by atoms with Crippen LogP contribution in [0.15, 0.2) is 59.3 Å². The van der Waals surface area contributed by atoms with Crippen LogP contribution in [0.5, 0.6) is 11.5 Å². The number of hydrogen-bond donors (Lipinski definition) is 0. The number of carbonyl (C=O) groups excluding carboxylic acids is 2. The maximum atomic E-state index is 14.4. The molecular formula is C98H156O4S4. The van der Waals surface area contributed by atoms with Crippen molar-refractivity contribution in [3.05, 3.63) is 90.6 Å². The topological polar surface area (TPSA) is 52.6 Å². The smallest absolute Gasteiger partial charge is 0.345 e. The Kier molecular flexibility index (Phi) is 49.7. The zero-order valence-electron chi connectivity index (χ0n) is 68.9. The summed E-state index contributed by atoms with van der Waals surface area (Å²) in [6.45, 7) is 9.25. The molecule has 0 aliphatic carbocycles. The highest BCUT2D eigenvalue weighted by Gasteiger charge is 2.33. The van der Waals surface area contributed by atoms with E-state index in [0.29, 0.717) is 22.6 Å². The molecule has 0 saturated carbocycles. The van der Waals surface area contributed by atoms with Crippen molar-refractivity contribution in [3.8, 4) is 31.0 Å². The molecule has 0 atom stereocenters. The molecule has 0 fully saturated rings. The number of carbonyl (C=O) groups is 2. The maximum absolute atomic E-state index is 14.4. The van der Waals surface area contributed by atoms with Crippen LogP contribution in [0.3, 0.4) is 0 Å². The Morgan fingerprint density at radius 1 is 0.292 bits per heavy atom. The van der Waals surface area contributed by atoms with Gasteiger partial charge >= 0.3 is 11.9 Å². The number of rotatable bonds is 72. The van der Waals surface area contributed by atoms with Crippen LogP contribution in [0.25, 0.3) is 30.7 Å². The van der Waals surface area contributed by atoms with E-state index in [2.05, 4.69) is 74.9 Å². The molecule has 0 saturated heterocycles. The largest absolute Gasteiger partial charge is 0.422 e. The van der Waals surface area contributed by atoms with Gasteiger partial charge in [-0.15, -0.1) is 45.3 Å². The highest BCUT2D eigenvalue weighted by molar-refractivity contribution is 7.26. The van der Waals surface area contributed by atoms with Gasteiger partial charge in [-0.2, -0.15) is 0 Å². The maximum Gasteiger partial charge on any atom is 0.345 e. The molecule has 0 N–H and O–H groups in total. The Balaban J connectivity index is 0.956. The quantitative estimate of drug-likeness (QED) is 0.0221. The Morgan fingerprint density at radius 2 is 0.613 bits per heavy atom. The summed E-state index contributed by atoms with van der Waals surface area (Å²) in [4.78, 5) is 35.5. The van der Waals surface area contributed by atoms with E-state index >= 15 is 0 Å². The summed E-state index contributed by atoms with van der Waals surface area (Å²) in [5.74, 6) is 1.99. The van der Waals surface area contributed by atoms with Crippen molar-refractivity contribution in [2.45, 2.75) is 451 Å². The van der Waals surface area contributed by atoms with Gasteiger partial charge in [0.1, 0.15) is 11.5 Å². The summed E-state index contributed by atoms with van der Waals surface area (Å²) in [7, 11) is 0. The molecule has 8 heteroatoms. The lowest BCUT2D eigenvalue weighted by molar-refractivity contribution is -0.128. The normalized spacial score (nSPS) is 12.9. The van der Waals surface area contributed by atoms with E-state index < -0.39 is 0 Å². The average Bonchev–Trinajstić information content (AvgIpc) is 1.59. The van der Waals surface area contributed by atoms with Crippen LogP contribution in [0.4, 0.5) is 0 Å². The van der Waals surface area contributed by atoms with E-state index in [1.807, 2.05) is 23.5 Å². The molecular weight excluding hydrogens is 1370 g/mol. The summed E-state index contributed by atoms with van der Waals surface area (Å²) in [6.07, 6.45) is 91.4. The van der Waals surface area contributed by atoms with Crippen molar-refractivity contribution < 1.29 is 19.1 Å². The second kappa shape index (κ2) is 58.6. The standard InChI is InChI=1S/C98H156O4S4/c1-5-9-13-17-21-25-29-33-37-41-45-49-53-57-64-81(65-58-54-50-46-42-38-34-30-26-22-18-14-10-6-2)68-61-70-83-76-92(104-80-83)94-85-78-88-86(79-87(85)101-97(94)99)95(98(100)102-88)93-77-84(96(106-93)91-74-73-90(105-91)89-72-63-75-103-89)71-62-69-82(66-59-55-51-47-43-39-35-31-27-23-19-15-11-7-3)67-60-56-52-48-44-40-36-32-28-24-20-16-12-8-4/h63,72-82H,5-62,64-71H2,1-4H3. The molecule has 1 aromatic carbocycles. The number of fused-ring (bicyclic) bond motifs is 2. The van der Waals surface area contributed by atoms with Crippen molar-refractivity contribution in [1.29, 1.82) is 0 Å². The number of aryl methyl sites for hydroxylation is 2. The fourth-order valence-electron chi connectivity index (χ4n) is 17.3. The van der Waals surface area contributed by atoms with Crippen LogP contribution in [0.2, 0.25) is 0 Å². The fourth-order valence-corrected chi connectivity index (χ4v) is 21.5. The summed E-state index contributed by atoms with van der Waals surface area (Å²) in [5, 5.41) is 5.91. The Morgan fingerprint density at radius 3 is 0.962 bits per heavy atom. The van der Waals surface area contributed by atoms with E-state index in [9.17, 15) is 9.59 Å². The molecule has 6 heterocycles. The first kappa shape index (κ1) is 89.9. The van der Waals surface area contributed by atoms with Crippen LogP contribution in [0.1, 0.15) is 460 Å². The van der Waals surface area contributed by atoms with Gasteiger partial charge in [0.05, 0.1) is 11.1 Å². The minimum Gasteiger partial charge on any atom is -0.422 e. The van der Waals surface area contributed by atoms with Crippen LogP contribution >= 0.6 is 45.3 Å². The van der Waals surface area contributed by atoms with Crippen molar-refractivity contribution in [3.63, 3.8) is 0 Å². The van der Waals surface area contributed by atoms with E-state index in [1.165, 1.54) is 435 Å². The summed E-state index contributed by atoms with van der Waals surface area (Å²) in [5.41, 5.74) is 3.84. The van der Waals surface area contributed by atoms with Crippen molar-refractivity contribution >= 4 is 68.4 Å². The summed E-state index contributed by atoms with van der Waals surface area (Å²) < 4.78 is 12.4. The minimum atomic E-state index is -0.317. The number of esters is 2. The van der Waals surface area contributed by atoms with Crippen LogP contribution < -0.4 is 19.9 Å². The number of hydrogen-bond acceptors (Lipinski definition) is 8. The summed E-state index contributed by atoms with van der Waals surface area (Å²) in [6, 6.07) is 17.4. The van der Waals surface area contributed by atoms with Gasteiger partial charge in [0.2, 0.25) is 0 Å². The molecule has 4 nitrogen and oxygen atoms in total. The molecule has 0 radical (unpaired) electrons. The zero-order valence-corrected chi connectivity index (χ0v) is 72.1. The monoisotopic (exact) mass is 1530 g/mol. The Labute approximate surface area is 667 Å². The highest BCUT2D eigenvalue weighted by atomic mass is 32.1. The lowest BCUT2D eigenvalue weighted by Crippen LogP contribution is -2.10. The van der Waals surface area contributed by atoms with Gasteiger partial charge in [0.15, 0.2) is 0 Å². The van der Waals surface area contributed by atoms with Crippen LogP contribution in [-0.4, -0.2) is 11.9 Å². The number of unbranched alkanes of at least 4 members (excludes halogenated alkanes) is 52. The van der Waals surface area contributed by atoms with Gasteiger partial charge in [-0.05, 0) is 102 Å². The van der Waals surface area contributed by atoms with Gasteiger partial charge in [0, 0.05) is 39.7 Å². The molecule has 0 bridgehead atoms. The third kappa shape index (κ3) is 36.5. The fraction of sp³-hybridized carbons (Fsp3) is 0.735. The number of benzene rings is 1. The predicted octanol–water partition coefficient (Wildman–Crippen LogP) is 32.9. The van der Waals surface area contributed by atoms with E-state index in [0.717, 1.165) is 51.3 Å². The molecule has 596 valence electrons. The first-order chi connectivity index (χ1) is 52.4. The Bertz CT molecular complexity index is 3070. The van der Waals surface area contributed by atoms with Gasteiger partial charge in [0.25, 0.3) is 0 Å². The van der Waals surface area contributed by atoms with Crippen LogP contribution in [0, 0.1) is 11.8 Å². The second-order valence-corrected chi connectivity index (χ2v) is 37.3. The van der Waals surface area contributed by atoms with E-state index in [-0.39, 0.29) is 11.9 Å².